The molecule has 1 aliphatic rings. The van der Waals surface area contributed by atoms with Crippen molar-refractivity contribution in [2.24, 2.45) is 5.73 Å². The minimum atomic E-state index is 0. The number of hydrogen-bond donors (Lipinski definition) is 1. The number of nitrogens with two attached hydrogens (primary N) is 1. The Morgan fingerprint density at radius 2 is 2.21 bits per heavy atom. The van der Waals surface area contributed by atoms with Crippen molar-refractivity contribution < 1.29 is 4.74 Å². The van der Waals surface area contributed by atoms with Crippen molar-refractivity contribution in [1.82, 2.24) is 4.57 Å². The molecule has 0 spiro atoms. The molecule has 0 aromatic carbocycles. The predicted molar refractivity (Wildman–Crippen MR) is 82.1 cm³/mol. The quantitative estimate of drug-likeness (QED) is 0.904. The summed E-state index contributed by atoms with van der Waals surface area (Å²) in [6.07, 6.45) is 4.83. The third-order valence-electron chi connectivity index (χ3n) is 4.10. The molecule has 110 valence electrons. The van der Waals surface area contributed by atoms with Crippen molar-refractivity contribution in [3.63, 3.8) is 0 Å². The second kappa shape index (κ2) is 7.32. The Kier molecular flexibility index (Phi) is 6.37. The second-order valence-electron chi connectivity index (χ2n) is 5.51. The molecular weight excluding hydrogens is 260 g/mol. The predicted octanol–water partition coefficient (Wildman–Crippen LogP) is 2.99. The molecule has 3 nitrogen and oxygen atoms in total. The average Bonchev–Trinajstić information content (AvgIpc) is 2.94. The van der Waals surface area contributed by atoms with Gasteiger partial charge in [-0.1, -0.05) is 6.92 Å². The third-order valence-corrected chi connectivity index (χ3v) is 4.10. The fraction of sp³-hybridized carbons (Fsp3) is 0.733. The van der Waals surface area contributed by atoms with Gasteiger partial charge in [-0.15, -0.1) is 12.4 Å². The molecular formula is C15H27ClN2O. The van der Waals surface area contributed by atoms with E-state index in [9.17, 15) is 0 Å². The Bertz CT molecular complexity index is 397. The number of aryl methyl sites for hydroxylation is 1. The number of rotatable bonds is 5. The van der Waals surface area contributed by atoms with Crippen LogP contribution in [-0.4, -0.2) is 23.3 Å². The Morgan fingerprint density at radius 1 is 1.47 bits per heavy atom. The summed E-state index contributed by atoms with van der Waals surface area (Å²) < 4.78 is 8.13. The molecule has 2 heterocycles. The molecule has 2 atom stereocenters. The van der Waals surface area contributed by atoms with E-state index in [0.29, 0.717) is 6.10 Å². The van der Waals surface area contributed by atoms with E-state index in [1.165, 1.54) is 29.8 Å². The summed E-state index contributed by atoms with van der Waals surface area (Å²) in [5, 5.41) is 0. The molecule has 0 bridgehead atoms. The Morgan fingerprint density at radius 3 is 2.79 bits per heavy atom. The van der Waals surface area contributed by atoms with Gasteiger partial charge in [0.2, 0.25) is 0 Å². The van der Waals surface area contributed by atoms with Gasteiger partial charge in [-0.25, -0.2) is 0 Å². The first-order valence-electron chi connectivity index (χ1n) is 7.14. The van der Waals surface area contributed by atoms with Gasteiger partial charge >= 0.3 is 0 Å². The monoisotopic (exact) mass is 286 g/mol. The van der Waals surface area contributed by atoms with Crippen LogP contribution in [-0.2, 0) is 17.7 Å². The summed E-state index contributed by atoms with van der Waals surface area (Å²) >= 11 is 0. The lowest BCUT2D eigenvalue weighted by Gasteiger charge is -2.15. The molecule has 1 aromatic rings. The minimum Gasteiger partial charge on any atom is -0.376 e. The van der Waals surface area contributed by atoms with Gasteiger partial charge in [0.1, 0.15) is 0 Å². The van der Waals surface area contributed by atoms with Crippen LogP contribution in [0.2, 0.25) is 0 Å². The van der Waals surface area contributed by atoms with Crippen LogP contribution in [0.5, 0.6) is 0 Å². The van der Waals surface area contributed by atoms with Crippen LogP contribution in [0.3, 0.4) is 0 Å². The summed E-state index contributed by atoms with van der Waals surface area (Å²) in [7, 11) is 0. The number of hydrogen-bond acceptors (Lipinski definition) is 2. The molecule has 2 unspecified atom stereocenters. The lowest BCUT2D eigenvalue weighted by atomic mass is 10.1. The molecule has 1 aliphatic heterocycles. The summed E-state index contributed by atoms with van der Waals surface area (Å²) in [6.45, 7) is 8.47. The summed E-state index contributed by atoms with van der Waals surface area (Å²) in [5.41, 5.74) is 10.2. The molecule has 0 aliphatic carbocycles. The van der Waals surface area contributed by atoms with Gasteiger partial charge in [0, 0.05) is 30.6 Å². The van der Waals surface area contributed by atoms with E-state index in [4.69, 9.17) is 10.5 Å². The van der Waals surface area contributed by atoms with E-state index >= 15 is 0 Å². The van der Waals surface area contributed by atoms with Gasteiger partial charge in [-0.2, -0.15) is 0 Å². The Balaban J connectivity index is 0.00000180. The van der Waals surface area contributed by atoms with Gasteiger partial charge < -0.3 is 15.0 Å². The summed E-state index contributed by atoms with van der Waals surface area (Å²) in [6, 6.07) is 2.57. The van der Waals surface area contributed by atoms with Crippen LogP contribution in [0.25, 0.3) is 0 Å². The fourth-order valence-electron chi connectivity index (χ4n) is 2.78. The van der Waals surface area contributed by atoms with Gasteiger partial charge in [0.15, 0.2) is 0 Å². The topological polar surface area (TPSA) is 40.2 Å². The second-order valence-corrected chi connectivity index (χ2v) is 5.51. The first kappa shape index (κ1) is 16.5. The number of nitrogens with zero attached hydrogens (tertiary/aromatic N) is 1. The maximum atomic E-state index is 6.06. The molecule has 0 radical (unpaired) electrons. The lowest BCUT2D eigenvalue weighted by molar-refractivity contribution is 0.0961. The van der Waals surface area contributed by atoms with Crippen molar-refractivity contribution in [1.29, 1.82) is 0 Å². The molecule has 19 heavy (non-hydrogen) atoms. The van der Waals surface area contributed by atoms with E-state index < -0.39 is 0 Å². The van der Waals surface area contributed by atoms with Crippen LogP contribution in [0.4, 0.5) is 0 Å². The molecule has 0 saturated carbocycles. The highest BCUT2D eigenvalue weighted by Crippen LogP contribution is 2.21. The normalized spacial score (nSPS) is 20.3. The van der Waals surface area contributed by atoms with E-state index in [-0.39, 0.29) is 18.4 Å². The molecule has 4 heteroatoms. The highest BCUT2D eigenvalue weighted by molar-refractivity contribution is 5.85. The molecule has 1 saturated heterocycles. The molecule has 0 amide bonds. The third kappa shape index (κ3) is 3.98. The zero-order chi connectivity index (χ0) is 13.1. The van der Waals surface area contributed by atoms with Crippen LogP contribution < -0.4 is 5.73 Å². The molecule has 1 fully saturated rings. The lowest BCUT2D eigenvalue weighted by Crippen LogP contribution is -2.22. The number of aromatic nitrogens is 1. The maximum Gasteiger partial charge on any atom is 0.0754 e. The standard InChI is InChI=1S/C15H26N2O.ClH/c1-4-14(16)9-13-8-11(2)17(12(13)3)10-15-6-5-7-18-15;/h8,14-15H,4-7,9-10,16H2,1-3H3;1H. The minimum absolute atomic E-state index is 0. The highest BCUT2D eigenvalue weighted by Gasteiger charge is 2.19. The molecule has 1 aromatic heterocycles. The zero-order valence-corrected chi connectivity index (χ0v) is 13.1. The number of ether oxygens (including phenoxy) is 1. The van der Waals surface area contributed by atoms with Gasteiger partial charge in [-0.05, 0) is 51.2 Å². The van der Waals surface area contributed by atoms with Crippen LogP contribution in [0.1, 0.15) is 43.1 Å². The van der Waals surface area contributed by atoms with Gasteiger partial charge in [-0.3, -0.25) is 0 Å². The van der Waals surface area contributed by atoms with Crippen molar-refractivity contribution >= 4 is 12.4 Å². The first-order valence-corrected chi connectivity index (χ1v) is 7.14. The van der Waals surface area contributed by atoms with Crippen molar-refractivity contribution in [2.45, 2.75) is 65.1 Å². The Labute approximate surface area is 122 Å². The highest BCUT2D eigenvalue weighted by atomic mass is 35.5. The van der Waals surface area contributed by atoms with Crippen LogP contribution in [0.15, 0.2) is 6.07 Å². The number of halogens is 1. The van der Waals surface area contributed by atoms with E-state index in [0.717, 1.165) is 26.0 Å². The SMILES string of the molecule is CCC(N)Cc1cc(C)n(CC2CCCO2)c1C.Cl. The molecule has 2 N–H and O–H groups in total. The van der Waals surface area contributed by atoms with E-state index in [2.05, 4.69) is 31.4 Å². The maximum absolute atomic E-state index is 6.06. The fourth-order valence-corrected chi connectivity index (χ4v) is 2.78. The zero-order valence-electron chi connectivity index (χ0n) is 12.3. The summed E-state index contributed by atoms with van der Waals surface area (Å²) in [5.74, 6) is 0. The van der Waals surface area contributed by atoms with Crippen molar-refractivity contribution in [3.8, 4) is 0 Å². The molecule has 2 rings (SSSR count). The largest absolute Gasteiger partial charge is 0.376 e. The van der Waals surface area contributed by atoms with Crippen LogP contribution >= 0.6 is 12.4 Å². The smallest absolute Gasteiger partial charge is 0.0754 e. The summed E-state index contributed by atoms with van der Waals surface area (Å²) in [4.78, 5) is 0. The van der Waals surface area contributed by atoms with Crippen molar-refractivity contribution in [2.75, 3.05) is 6.61 Å². The average molecular weight is 287 g/mol. The van der Waals surface area contributed by atoms with E-state index in [1.807, 2.05) is 0 Å². The first-order chi connectivity index (χ1) is 8.61. The van der Waals surface area contributed by atoms with Crippen LogP contribution in [0, 0.1) is 13.8 Å². The Hall–Kier alpha value is -0.510. The van der Waals surface area contributed by atoms with E-state index in [1.54, 1.807) is 0 Å². The van der Waals surface area contributed by atoms with Gasteiger partial charge in [0.05, 0.1) is 6.10 Å². The van der Waals surface area contributed by atoms with Gasteiger partial charge in [0.25, 0.3) is 0 Å². The van der Waals surface area contributed by atoms with Crippen molar-refractivity contribution in [3.05, 3.63) is 23.0 Å².